The Morgan fingerprint density at radius 2 is 1.95 bits per heavy atom. The van der Waals surface area contributed by atoms with E-state index in [1.807, 2.05) is 30.3 Å². The lowest BCUT2D eigenvalue weighted by molar-refractivity contribution is -0.205. The van der Waals surface area contributed by atoms with Gasteiger partial charge in [-0.05, 0) is 12.1 Å². The van der Waals surface area contributed by atoms with Gasteiger partial charge in [0.25, 0.3) is 0 Å². The molecule has 0 unspecified atom stereocenters. The molecule has 21 heavy (non-hydrogen) atoms. The third-order valence-corrected chi connectivity index (χ3v) is 3.20. The monoisotopic (exact) mass is 285 g/mol. The third kappa shape index (κ3) is 2.67. The second-order valence-electron chi connectivity index (χ2n) is 5.35. The fraction of sp³-hybridized carbons (Fsp3) is 0.250. The molecule has 1 aliphatic heterocycles. The second-order valence-corrected chi connectivity index (χ2v) is 5.35. The summed E-state index contributed by atoms with van der Waals surface area (Å²) < 4.78 is 12.1. The lowest BCUT2D eigenvalue weighted by atomic mass is 10.2. The van der Waals surface area contributed by atoms with Crippen molar-refractivity contribution in [2.45, 2.75) is 26.1 Å². The van der Waals surface area contributed by atoms with Crippen molar-refractivity contribution in [2.75, 3.05) is 0 Å². The molecule has 1 aromatic heterocycles. The number of benzene rings is 1. The molecule has 0 atom stereocenters. The van der Waals surface area contributed by atoms with E-state index in [1.54, 1.807) is 24.6 Å². The summed E-state index contributed by atoms with van der Waals surface area (Å²) >= 11 is 0. The molecular weight excluding hydrogens is 270 g/mol. The van der Waals surface area contributed by atoms with Crippen LogP contribution in [0.3, 0.4) is 0 Å². The molecule has 1 aliphatic rings. The lowest BCUT2D eigenvalue weighted by Crippen LogP contribution is -2.35. The molecule has 0 fully saturated rings. The molecule has 0 radical (unpaired) electrons. The van der Waals surface area contributed by atoms with Crippen molar-refractivity contribution < 1.29 is 19.1 Å². The Morgan fingerprint density at radius 3 is 2.71 bits per heavy atom. The number of cyclic esters (lactones) is 1. The van der Waals surface area contributed by atoms with Crippen LogP contribution in [0, 0.1) is 0 Å². The van der Waals surface area contributed by atoms with E-state index in [0.717, 1.165) is 10.9 Å². The molecule has 3 rings (SSSR count). The van der Waals surface area contributed by atoms with E-state index < -0.39 is 11.8 Å². The largest absolute Gasteiger partial charge is 0.456 e. The van der Waals surface area contributed by atoms with Gasteiger partial charge in [-0.1, -0.05) is 18.2 Å². The van der Waals surface area contributed by atoms with Gasteiger partial charge in [0.05, 0.1) is 18.0 Å². The number of esters is 1. The minimum atomic E-state index is -1.04. The van der Waals surface area contributed by atoms with Crippen LogP contribution in [-0.4, -0.2) is 22.2 Å². The predicted molar refractivity (Wildman–Crippen MR) is 76.5 cm³/mol. The smallest absolute Gasteiger partial charge is 0.337 e. The fourth-order valence-electron chi connectivity index (χ4n) is 2.39. The first kappa shape index (κ1) is 13.4. The van der Waals surface area contributed by atoms with Crippen LogP contribution in [0.4, 0.5) is 0 Å². The Bertz CT molecular complexity index is 754. The predicted octanol–water partition coefficient (Wildman–Crippen LogP) is 2.87. The van der Waals surface area contributed by atoms with Gasteiger partial charge in [0.1, 0.15) is 5.76 Å². The van der Waals surface area contributed by atoms with Crippen LogP contribution in [0.15, 0.2) is 48.4 Å². The number of fused-ring (bicyclic) bond motifs is 1. The highest BCUT2D eigenvalue weighted by Gasteiger charge is 2.31. The van der Waals surface area contributed by atoms with Crippen LogP contribution in [0.5, 0.6) is 0 Å². The van der Waals surface area contributed by atoms with Crippen molar-refractivity contribution in [2.24, 2.45) is 0 Å². The van der Waals surface area contributed by atoms with Gasteiger partial charge in [-0.3, -0.25) is 9.36 Å². The quantitative estimate of drug-likeness (QED) is 0.796. The van der Waals surface area contributed by atoms with Crippen LogP contribution >= 0.6 is 0 Å². The third-order valence-electron chi connectivity index (χ3n) is 3.20. The molecule has 0 aliphatic carbocycles. The molecule has 5 nitrogen and oxygen atoms in total. The van der Waals surface area contributed by atoms with E-state index in [-0.39, 0.29) is 12.3 Å². The topological polar surface area (TPSA) is 57.5 Å². The molecule has 0 amide bonds. The van der Waals surface area contributed by atoms with Gasteiger partial charge in [-0.25, -0.2) is 4.79 Å². The summed E-state index contributed by atoms with van der Waals surface area (Å²) in [6.45, 7) is 3.26. The van der Waals surface area contributed by atoms with E-state index in [9.17, 15) is 9.59 Å². The van der Waals surface area contributed by atoms with E-state index in [1.165, 1.54) is 6.08 Å². The van der Waals surface area contributed by atoms with Gasteiger partial charge >= 0.3 is 5.97 Å². The summed E-state index contributed by atoms with van der Waals surface area (Å²) in [6.07, 6.45) is 2.95. The first-order chi connectivity index (χ1) is 9.94. The molecule has 0 spiro atoms. The minimum absolute atomic E-state index is 0.0111. The number of carbonyl (C=O) groups excluding carboxylic acids is 2. The number of hydrogen-bond donors (Lipinski definition) is 0. The van der Waals surface area contributed by atoms with Crippen LogP contribution in [0.2, 0.25) is 0 Å². The zero-order chi connectivity index (χ0) is 15.0. The maximum atomic E-state index is 12.4. The van der Waals surface area contributed by atoms with Crippen molar-refractivity contribution in [1.82, 2.24) is 4.57 Å². The second kappa shape index (κ2) is 4.77. The van der Waals surface area contributed by atoms with Gasteiger partial charge in [-0.15, -0.1) is 0 Å². The van der Waals surface area contributed by atoms with Crippen molar-refractivity contribution in [3.05, 3.63) is 48.4 Å². The number of hydrogen-bond acceptors (Lipinski definition) is 4. The highest BCUT2D eigenvalue weighted by molar-refractivity contribution is 5.94. The molecule has 108 valence electrons. The normalized spacial score (nSPS) is 17.0. The molecule has 2 heterocycles. The number of ether oxygens (including phenoxy) is 2. The summed E-state index contributed by atoms with van der Waals surface area (Å²) in [7, 11) is 0. The SMILES string of the molecule is CC1(C)OC(=O)C=C(CC(=O)n2ccc3ccccc32)O1. The summed E-state index contributed by atoms with van der Waals surface area (Å²) in [5, 5.41) is 0.990. The number of nitrogens with zero attached hydrogens (tertiary/aromatic N) is 1. The summed E-state index contributed by atoms with van der Waals surface area (Å²) in [6, 6.07) is 9.49. The Kier molecular flexibility index (Phi) is 3.05. The number of allylic oxidation sites excluding steroid dienone is 1. The zero-order valence-corrected chi connectivity index (χ0v) is 11.8. The van der Waals surface area contributed by atoms with Crippen LogP contribution < -0.4 is 0 Å². The van der Waals surface area contributed by atoms with Gasteiger partial charge < -0.3 is 9.47 Å². The van der Waals surface area contributed by atoms with Crippen molar-refractivity contribution >= 4 is 22.8 Å². The highest BCUT2D eigenvalue weighted by Crippen LogP contribution is 2.25. The molecule has 0 saturated heterocycles. The minimum Gasteiger partial charge on any atom is -0.456 e. The summed E-state index contributed by atoms with van der Waals surface area (Å²) in [4.78, 5) is 23.9. The summed E-state index contributed by atoms with van der Waals surface area (Å²) in [5.74, 6) is -1.38. The average molecular weight is 285 g/mol. The number of rotatable bonds is 2. The number of aromatic nitrogens is 1. The Balaban J connectivity index is 1.85. The lowest BCUT2D eigenvalue weighted by Gasteiger charge is -2.30. The van der Waals surface area contributed by atoms with Crippen LogP contribution in [-0.2, 0) is 14.3 Å². The maximum Gasteiger partial charge on any atom is 0.337 e. The number of para-hydroxylation sites is 1. The molecule has 0 bridgehead atoms. The Labute approximate surface area is 121 Å². The first-order valence-corrected chi connectivity index (χ1v) is 6.66. The molecule has 5 heteroatoms. The standard InChI is InChI=1S/C16H15NO4/c1-16(2)20-12(10-15(19)21-16)9-14(18)17-8-7-11-5-3-4-6-13(11)17/h3-8,10H,9H2,1-2H3. The van der Waals surface area contributed by atoms with E-state index in [4.69, 9.17) is 9.47 Å². The van der Waals surface area contributed by atoms with E-state index >= 15 is 0 Å². The maximum absolute atomic E-state index is 12.4. The molecular formula is C16H15NO4. The van der Waals surface area contributed by atoms with E-state index in [2.05, 4.69) is 0 Å². The van der Waals surface area contributed by atoms with Crippen molar-refractivity contribution in [3.63, 3.8) is 0 Å². The summed E-state index contributed by atoms with van der Waals surface area (Å²) in [5.41, 5.74) is 0.834. The first-order valence-electron chi connectivity index (χ1n) is 6.66. The van der Waals surface area contributed by atoms with Gasteiger partial charge in [0.2, 0.25) is 11.7 Å². The van der Waals surface area contributed by atoms with Gasteiger partial charge in [-0.2, -0.15) is 0 Å². The van der Waals surface area contributed by atoms with E-state index in [0.29, 0.717) is 5.76 Å². The van der Waals surface area contributed by atoms with Crippen molar-refractivity contribution in [1.29, 1.82) is 0 Å². The molecule has 1 aromatic carbocycles. The molecule has 0 N–H and O–H groups in total. The van der Waals surface area contributed by atoms with Crippen LogP contribution in [0.1, 0.15) is 25.1 Å². The highest BCUT2D eigenvalue weighted by atomic mass is 16.7. The van der Waals surface area contributed by atoms with Gasteiger partial charge in [0.15, 0.2) is 0 Å². The Hall–Kier alpha value is -2.56. The van der Waals surface area contributed by atoms with Crippen LogP contribution in [0.25, 0.3) is 10.9 Å². The molecule has 0 saturated carbocycles. The fourth-order valence-corrected chi connectivity index (χ4v) is 2.39. The average Bonchev–Trinajstić information content (AvgIpc) is 2.79. The van der Waals surface area contributed by atoms with Crippen molar-refractivity contribution in [3.8, 4) is 0 Å². The zero-order valence-electron chi connectivity index (χ0n) is 11.8. The number of carbonyl (C=O) groups is 2. The van der Waals surface area contributed by atoms with Gasteiger partial charge in [0, 0.05) is 25.4 Å². The Morgan fingerprint density at radius 1 is 1.19 bits per heavy atom. The molecule has 2 aromatic rings.